The summed E-state index contributed by atoms with van der Waals surface area (Å²) in [4.78, 5) is 22.2. The van der Waals surface area contributed by atoms with Crippen LogP contribution in [-0.4, -0.2) is 77.4 Å². The number of hydrogen-bond acceptors (Lipinski definition) is 6. The lowest BCUT2D eigenvalue weighted by atomic mass is 9.93. The van der Waals surface area contributed by atoms with Crippen molar-refractivity contribution in [2.24, 2.45) is 4.99 Å². The Morgan fingerprint density at radius 2 is 1.95 bits per heavy atom. The second kappa shape index (κ2) is 11.1. The minimum Gasteiger partial charge on any atom is -0.363 e. The van der Waals surface area contributed by atoms with Gasteiger partial charge in [0.15, 0.2) is 5.17 Å². The van der Waals surface area contributed by atoms with Crippen molar-refractivity contribution in [1.82, 2.24) is 25.3 Å². The van der Waals surface area contributed by atoms with E-state index < -0.39 is 17.6 Å². The monoisotopic (exact) mass is 562 g/mol. The number of rotatable bonds is 6. The summed E-state index contributed by atoms with van der Waals surface area (Å²) < 4.78 is 41.6. The van der Waals surface area contributed by atoms with Crippen LogP contribution in [0.4, 0.5) is 13.2 Å². The number of amides is 1. The number of fused-ring (bicyclic) bond motifs is 1. The van der Waals surface area contributed by atoms with Crippen LogP contribution in [0, 0.1) is 0 Å². The topological polar surface area (TPSA) is 76.6 Å². The maximum atomic E-state index is 13.9. The molecule has 0 aliphatic carbocycles. The van der Waals surface area contributed by atoms with Gasteiger partial charge < -0.3 is 10.2 Å². The molecular weight excluding hydrogens is 537 g/mol. The number of halogens is 4. The molecule has 38 heavy (non-hydrogen) atoms. The number of aromatic amines is 1. The van der Waals surface area contributed by atoms with Gasteiger partial charge in [-0.1, -0.05) is 23.7 Å². The van der Waals surface area contributed by atoms with E-state index in [9.17, 15) is 18.0 Å². The van der Waals surface area contributed by atoms with E-state index in [1.807, 2.05) is 6.07 Å². The zero-order valence-electron chi connectivity index (χ0n) is 20.6. The molecule has 0 atom stereocenters. The Labute approximate surface area is 227 Å². The van der Waals surface area contributed by atoms with Crippen molar-refractivity contribution in [3.05, 3.63) is 69.2 Å². The van der Waals surface area contributed by atoms with Crippen molar-refractivity contribution in [1.29, 1.82) is 0 Å². The predicted octanol–water partition coefficient (Wildman–Crippen LogP) is 4.66. The summed E-state index contributed by atoms with van der Waals surface area (Å²) in [5, 5.41) is 11.4. The fourth-order valence-corrected chi connectivity index (χ4v) is 5.68. The molecule has 12 heteroatoms. The van der Waals surface area contributed by atoms with Gasteiger partial charge in [-0.2, -0.15) is 23.3 Å². The average Bonchev–Trinajstić information content (AvgIpc) is 3.49. The number of hydrogen-bond donors (Lipinski definition) is 2. The molecule has 3 aromatic rings. The molecular formula is C26H26ClF3N6OS. The second-order valence-electron chi connectivity index (χ2n) is 9.35. The van der Waals surface area contributed by atoms with Crippen molar-refractivity contribution in [3.8, 4) is 0 Å². The smallest absolute Gasteiger partial charge is 0.363 e. The van der Waals surface area contributed by atoms with Crippen LogP contribution in [0.15, 0.2) is 52.5 Å². The van der Waals surface area contributed by atoms with E-state index in [1.165, 1.54) is 12.1 Å². The van der Waals surface area contributed by atoms with Gasteiger partial charge in [-0.05, 0) is 66.2 Å². The van der Waals surface area contributed by atoms with Gasteiger partial charge in [0.2, 0.25) is 0 Å². The van der Waals surface area contributed by atoms with Crippen molar-refractivity contribution < 1.29 is 18.0 Å². The summed E-state index contributed by atoms with van der Waals surface area (Å²) in [6.07, 6.45) is -3.08. The number of thioether (sulfide) groups is 1. The summed E-state index contributed by atoms with van der Waals surface area (Å²) >= 11 is 7.06. The summed E-state index contributed by atoms with van der Waals surface area (Å²) in [5.41, 5.74) is 1.09. The molecule has 2 N–H and O–H groups in total. The third-order valence-electron chi connectivity index (χ3n) is 6.70. The Kier molecular flexibility index (Phi) is 7.80. The van der Waals surface area contributed by atoms with Crippen LogP contribution in [0.25, 0.3) is 16.5 Å². The zero-order chi connectivity index (χ0) is 26.9. The molecule has 0 radical (unpaired) electrons. The molecule has 2 aliphatic heterocycles. The van der Waals surface area contributed by atoms with Crippen molar-refractivity contribution in [2.45, 2.75) is 12.6 Å². The molecule has 0 bridgehead atoms. The maximum Gasteiger partial charge on any atom is 0.416 e. The Bertz CT molecular complexity index is 1410. The summed E-state index contributed by atoms with van der Waals surface area (Å²) in [6, 6.07) is 9.10. The van der Waals surface area contributed by atoms with Gasteiger partial charge in [0.05, 0.1) is 22.2 Å². The first-order chi connectivity index (χ1) is 18.2. The van der Waals surface area contributed by atoms with E-state index in [2.05, 4.69) is 37.4 Å². The highest BCUT2D eigenvalue weighted by Crippen LogP contribution is 2.40. The van der Waals surface area contributed by atoms with Crippen molar-refractivity contribution in [2.75, 3.05) is 46.3 Å². The number of H-pyrrole nitrogens is 1. The lowest BCUT2D eigenvalue weighted by molar-refractivity contribution is -0.138. The number of likely N-dealkylation sites (N-methyl/N-ethyl adjacent to an activating group) is 1. The molecule has 200 valence electrons. The molecule has 5 rings (SSSR count). The number of piperazine rings is 1. The number of aromatic nitrogens is 2. The predicted molar refractivity (Wildman–Crippen MR) is 145 cm³/mol. The molecule has 2 aliphatic rings. The van der Waals surface area contributed by atoms with Gasteiger partial charge in [0.1, 0.15) is 0 Å². The van der Waals surface area contributed by atoms with Gasteiger partial charge in [0, 0.05) is 49.7 Å². The number of carbonyl (C=O) groups excluding carboxylic acids is 1. The first-order valence-electron chi connectivity index (χ1n) is 12.2. The standard InChI is InChI=1S/C26H26ClF3N6OS/c1-35-8-10-36(11-9-35)7-6-31-25-33-24(37)23(38-25)20(16-3-5-22-18(12-16)15-32-34-22)13-17-2-4-19(27)14-21(17)26(28,29)30/h2-5,12,14-15H,6-11,13H2,1H3,(H,32,34)(H,31,33,37). The Morgan fingerprint density at radius 1 is 1.16 bits per heavy atom. The van der Waals surface area contributed by atoms with Gasteiger partial charge in [0.25, 0.3) is 5.91 Å². The number of amidine groups is 1. The highest BCUT2D eigenvalue weighted by molar-refractivity contribution is 8.18. The maximum absolute atomic E-state index is 13.9. The first-order valence-corrected chi connectivity index (χ1v) is 13.3. The number of aliphatic imine (C=N–C) groups is 1. The Hall–Kier alpha value is -2.86. The van der Waals surface area contributed by atoms with Gasteiger partial charge in [-0.25, -0.2) is 0 Å². The number of carbonyl (C=O) groups is 1. The van der Waals surface area contributed by atoms with Crippen molar-refractivity contribution >= 4 is 50.9 Å². The molecule has 0 spiro atoms. The SMILES string of the molecule is CN1CCN(CCNC2=NC(=O)C(=C(Cc3ccc(Cl)cc3C(F)(F)F)c3ccc4[nH]ncc4c3)S2)CC1. The molecule has 7 nitrogen and oxygen atoms in total. The van der Waals surface area contributed by atoms with E-state index >= 15 is 0 Å². The molecule has 1 amide bonds. The molecule has 2 aromatic carbocycles. The van der Waals surface area contributed by atoms with Gasteiger partial charge in [-0.3, -0.25) is 14.8 Å². The molecule has 3 heterocycles. The fourth-order valence-electron chi connectivity index (χ4n) is 4.57. The lowest BCUT2D eigenvalue weighted by Gasteiger charge is -2.32. The largest absolute Gasteiger partial charge is 0.416 e. The van der Waals surface area contributed by atoms with Crippen LogP contribution in [0.1, 0.15) is 16.7 Å². The van der Waals surface area contributed by atoms with Crippen LogP contribution in [0.3, 0.4) is 0 Å². The molecule has 1 fully saturated rings. The zero-order valence-corrected chi connectivity index (χ0v) is 22.2. The number of alkyl halides is 3. The third-order valence-corrected chi connectivity index (χ3v) is 7.99. The van der Waals surface area contributed by atoms with Crippen LogP contribution in [-0.2, 0) is 17.4 Å². The normalized spacial score (nSPS) is 18.8. The minimum atomic E-state index is -4.59. The van der Waals surface area contributed by atoms with E-state index in [0.717, 1.165) is 61.5 Å². The fraction of sp³-hybridized carbons (Fsp3) is 0.346. The molecule has 1 aromatic heterocycles. The summed E-state index contributed by atoms with van der Waals surface area (Å²) in [5.74, 6) is -0.470. The van der Waals surface area contributed by atoms with Crippen LogP contribution in [0.2, 0.25) is 5.02 Å². The molecule has 0 unspecified atom stereocenters. The van der Waals surface area contributed by atoms with Gasteiger partial charge >= 0.3 is 6.18 Å². The number of nitrogens with zero attached hydrogens (tertiary/aromatic N) is 4. The van der Waals surface area contributed by atoms with Crippen LogP contribution >= 0.6 is 23.4 Å². The van der Waals surface area contributed by atoms with E-state index in [-0.39, 0.29) is 17.0 Å². The Morgan fingerprint density at radius 3 is 2.71 bits per heavy atom. The number of allylic oxidation sites excluding steroid dienone is 1. The van der Waals surface area contributed by atoms with Gasteiger partial charge in [-0.15, -0.1) is 0 Å². The summed E-state index contributed by atoms with van der Waals surface area (Å²) in [7, 11) is 2.10. The van der Waals surface area contributed by atoms with E-state index in [0.29, 0.717) is 27.8 Å². The molecule has 1 saturated heterocycles. The average molecular weight is 563 g/mol. The third kappa shape index (κ3) is 6.06. The highest BCUT2D eigenvalue weighted by Gasteiger charge is 2.35. The highest BCUT2D eigenvalue weighted by atomic mass is 35.5. The Balaban J connectivity index is 1.42. The summed E-state index contributed by atoms with van der Waals surface area (Å²) in [6.45, 7) is 5.40. The lowest BCUT2D eigenvalue weighted by Crippen LogP contribution is -2.46. The van der Waals surface area contributed by atoms with E-state index in [1.54, 1.807) is 18.3 Å². The quantitative estimate of drug-likeness (QED) is 0.426. The first kappa shape index (κ1) is 26.7. The second-order valence-corrected chi connectivity index (χ2v) is 10.8. The number of nitrogens with one attached hydrogen (secondary N) is 2. The number of benzene rings is 2. The molecule has 0 saturated carbocycles. The van der Waals surface area contributed by atoms with Crippen molar-refractivity contribution in [3.63, 3.8) is 0 Å². The minimum absolute atomic E-state index is 0.00316. The van der Waals surface area contributed by atoms with Crippen LogP contribution < -0.4 is 5.32 Å². The van der Waals surface area contributed by atoms with Crippen LogP contribution in [0.5, 0.6) is 0 Å². The van der Waals surface area contributed by atoms with E-state index in [4.69, 9.17) is 11.6 Å².